The number of sulfonamides is 1. The highest BCUT2D eigenvalue weighted by Gasteiger charge is 2.29. The minimum absolute atomic E-state index is 0.0319. The van der Waals surface area contributed by atoms with E-state index in [9.17, 15) is 13.2 Å². The van der Waals surface area contributed by atoms with Gasteiger partial charge in [0.2, 0.25) is 15.9 Å². The molecule has 0 unspecified atom stereocenters. The minimum Gasteiger partial charge on any atom is -0.468 e. The standard InChI is InChI=1S/C22H24N2O4S2/c1-3-12-23(16-20-7-5-14-29-20)22(25)17-24(15-19-6-4-13-28-19)30(26,27)21-10-8-18(2)9-11-21/h3-11,13-14H,1,12,15-17H2,2H3. The molecule has 0 N–H and O–H groups in total. The summed E-state index contributed by atoms with van der Waals surface area (Å²) in [6.45, 7) is 6.01. The summed E-state index contributed by atoms with van der Waals surface area (Å²) in [5.41, 5.74) is 0.954. The molecule has 0 aliphatic carbocycles. The fourth-order valence-electron chi connectivity index (χ4n) is 2.91. The van der Waals surface area contributed by atoms with Crippen LogP contribution in [0.1, 0.15) is 16.2 Å². The number of aryl methyl sites for hydroxylation is 1. The summed E-state index contributed by atoms with van der Waals surface area (Å²) in [7, 11) is -3.90. The van der Waals surface area contributed by atoms with Gasteiger partial charge in [0.05, 0.1) is 30.8 Å². The first-order chi connectivity index (χ1) is 14.4. The van der Waals surface area contributed by atoms with E-state index in [1.54, 1.807) is 58.7 Å². The van der Waals surface area contributed by atoms with Crippen LogP contribution >= 0.6 is 11.3 Å². The van der Waals surface area contributed by atoms with Crippen molar-refractivity contribution in [2.45, 2.75) is 24.9 Å². The van der Waals surface area contributed by atoms with Gasteiger partial charge in [0.15, 0.2) is 0 Å². The lowest BCUT2D eigenvalue weighted by Gasteiger charge is -2.26. The smallest absolute Gasteiger partial charge is 0.243 e. The molecule has 0 spiro atoms. The summed E-state index contributed by atoms with van der Waals surface area (Å²) in [6, 6.07) is 13.8. The van der Waals surface area contributed by atoms with E-state index in [2.05, 4.69) is 6.58 Å². The average Bonchev–Trinajstić information content (AvgIpc) is 3.41. The van der Waals surface area contributed by atoms with Crippen LogP contribution in [0, 0.1) is 6.92 Å². The molecule has 0 saturated heterocycles. The second-order valence-corrected chi connectivity index (χ2v) is 9.78. The molecule has 0 fully saturated rings. The van der Waals surface area contributed by atoms with Gasteiger partial charge in [0.1, 0.15) is 5.76 Å². The fourth-order valence-corrected chi connectivity index (χ4v) is 4.99. The van der Waals surface area contributed by atoms with Crippen LogP contribution in [0.5, 0.6) is 0 Å². The first-order valence-electron chi connectivity index (χ1n) is 9.40. The van der Waals surface area contributed by atoms with Crippen LogP contribution in [0.2, 0.25) is 0 Å². The van der Waals surface area contributed by atoms with Gasteiger partial charge in [0, 0.05) is 11.4 Å². The molecule has 0 bridgehead atoms. The number of furan rings is 1. The number of carbonyl (C=O) groups is 1. The SMILES string of the molecule is C=CCN(Cc1cccs1)C(=O)CN(Cc1ccco1)S(=O)(=O)c1ccc(C)cc1. The van der Waals surface area contributed by atoms with Crippen molar-refractivity contribution < 1.29 is 17.6 Å². The zero-order chi connectivity index (χ0) is 21.6. The van der Waals surface area contributed by atoms with Crippen LogP contribution in [0.15, 0.2) is 82.1 Å². The number of thiophene rings is 1. The summed E-state index contributed by atoms with van der Waals surface area (Å²) >= 11 is 1.55. The van der Waals surface area contributed by atoms with E-state index in [0.29, 0.717) is 18.8 Å². The Bertz CT molecular complexity index is 1060. The number of carbonyl (C=O) groups excluding carboxylic acids is 1. The Kier molecular flexibility index (Phi) is 7.25. The van der Waals surface area contributed by atoms with Crippen molar-refractivity contribution in [3.05, 3.63) is 89.0 Å². The number of amides is 1. The Morgan fingerprint density at radius 2 is 1.90 bits per heavy atom. The van der Waals surface area contributed by atoms with E-state index in [1.165, 1.54) is 6.26 Å². The maximum absolute atomic E-state index is 13.3. The Labute approximate surface area is 181 Å². The molecule has 2 aromatic heterocycles. The van der Waals surface area contributed by atoms with E-state index in [1.807, 2.05) is 24.4 Å². The molecule has 30 heavy (non-hydrogen) atoms. The predicted molar refractivity (Wildman–Crippen MR) is 117 cm³/mol. The zero-order valence-corrected chi connectivity index (χ0v) is 18.4. The van der Waals surface area contributed by atoms with Crippen molar-refractivity contribution in [3.8, 4) is 0 Å². The van der Waals surface area contributed by atoms with E-state index in [0.717, 1.165) is 14.7 Å². The number of nitrogens with zero attached hydrogens (tertiary/aromatic N) is 2. The first kappa shape index (κ1) is 22.0. The maximum atomic E-state index is 13.3. The van der Waals surface area contributed by atoms with Gasteiger partial charge in [-0.25, -0.2) is 8.42 Å². The van der Waals surface area contributed by atoms with Gasteiger partial charge in [-0.3, -0.25) is 4.79 Å². The topological polar surface area (TPSA) is 70.8 Å². The molecule has 3 rings (SSSR count). The largest absolute Gasteiger partial charge is 0.468 e. The van der Waals surface area contributed by atoms with Gasteiger partial charge < -0.3 is 9.32 Å². The molecule has 6 nitrogen and oxygen atoms in total. The summed E-state index contributed by atoms with van der Waals surface area (Å²) in [4.78, 5) is 15.8. The third-order valence-electron chi connectivity index (χ3n) is 4.51. The van der Waals surface area contributed by atoms with Crippen LogP contribution < -0.4 is 0 Å². The Morgan fingerprint density at radius 3 is 2.50 bits per heavy atom. The van der Waals surface area contributed by atoms with Crippen molar-refractivity contribution in [1.82, 2.24) is 9.21 Å². The third kappa shape index (κ3) is 5.47. The van der Waals surface area contributed by atoms with Gasteiger partial charge in [-0.15, -0.1) is 17.9 Å². The average molecular weight is 445 g/mol. The number of hydrogen-bond acceptors (Lipinski definition) is 5. The fraction of sp³-hybridized carbons (Fsp3) is 0.227. The molecule has 0 saturated carbocycles. The molecule has 3 aromatic rings. The van der Waals surface area contributed by atoms with Crippen LogP contribution in [0.3, 0.4) is 0 Å². The van der Waals surface area contributed by atoms with Gasteiger partial charge >= 0.3 is 0 Å². The predicted octanol–water partition coefficient (Wildman–Crippen LogP) is 4.06. The Balaban J connectivity index is 1.86. The van der Waals surface area contributed by atoms with Gasteiger partial charge in [0.25, 0.3) is 0 Å². The van der Waals surface area contributed by atoms with Crippen LogP contribution in [-0.4, -0.2) is 36.6 Å². The molecule has 1 amide bonds. The van der Waals surface area contributed by atoms with Crippen molar-refractivity contribution >= 4 is 27.3 Å². The number of benzene rings is 1. The molecule has 158 valence electrons. The van der Waals surface area contributed by atoms with E-state index >= 15 is 0 Å². The highest BCUT2D eigenvalue weighted by Crippen LogP contribution is 2.20. The van der Waals surface area contributed by atoms with Crippen molar-refractivity contribution in [3.63, 3.8) is 0 Å². The molecule has 0 atom stereocenters. The number of hydrogen-bond donors (Lipinski definition) is 0. The second-order valence-electron chi connectivity index (χ2n) is 6.81. The number of rotatable bonds is 10. The highest BCUT2D eigenvalue weighted by atomic mass is 32.2. The summed E-state index contributed by atoms with van der Waals surface area (Å²) in [5.74, 6) is 0.164. The monoisotopic (exact) mass is 444 g/mol. The molecule has 0 aliphatic heterocycles. The Hall–Kier alpha value is -2.68. The first-order valence-corrected chi connectivity index (χ1v) is 11.7. The van der Waals surface area contributed by atoms with Gasteiger partial charge in [-0.05, 0) is 42.6 Å². The second kappa shape index (κ2) is 9.88. The van der Waals surface area contributed by atoms with E-state index in [-0.39, 0.29) is 23.9 Å². The van der Waals surface area contributed by atoms with E-state index in [4.69, 9.17) is 4.42 Å². The normalized spacial score (nSPS) is 11.5. The van der Waals surface area contributed by atoms with E-state index < -0.39 is 10.0 Å². The third-order valence-corrected chi connectivity index (χ3v) is 7.18. The van der Waals surface area contributed by atoms with Crippen molar-refractivity contribution in [2.75, 3.05) is 13.1 Å². The molecular formula is C22H24N2O4S2. The Morgan fingerprint density at radius 1 is 1.13 bits per heavy atom. The minimum atomic E-state index is -3.90. The summed E-state index contributed by atoms with van der Waals surface area (Å²) in [6.07, 6.45) is 3.12. The van der Waals surface area contributed by atoms with Crippen molar-refractivity contribution in [2.24, 2.45) is 0 Å². The lowest BCUT2D eigenvalue weighted by atomic mass is 10.2. The van der Waals surface area contributed by atoms with Crippen LogP contribution in [0.25, 0.3) is 0 Å². The van der Waals surface area contributed by atoms with Crippen molar-refractivity contribution in [1.29, 1.82) is 0 Å². The molecule has 0 radical (unpaired) electrons. The zero-order valence-electron chi connectivity index (χ0n) is 16.7. The van der Waals surface area contributed by atoms with Gasteiger partial charge in [-0.2, -0.15) is 4.31 Å². The molecule has 2 heterocycles. The molecule has 0 aliphatic rings. The van der Waals surface area contributed by atoms with Crippen LogP contribution in [-0.2, 0) is 27.9 Å². The van der Waals surface area contributed by atoms with Gasteiger partial charge in [-0.1, -0.05) is 29.8 Å². The lowest BCUT2D eigenvalue weighted by molar-refractivity contribution is -0.131. The summed E-state index contributed by atoms with van der Waals surface area (Å²) < 4.78 is 33.1. The lowest BCUT2D eigenvalue weighted by Crippen LogP contribution is -2.42. The molecule has 1 aromatic carbocycles. The van der Waals surface area contributed by atoms with Crippen LogP contribution in [0.4, 0.5) is 0 Å². The molecular weight excluding hydrogens is 420 g/mol. The quantitative estimate of drug-likeness (QED) is 0.442. The highest BCUT2D eigenvalue weighted by molar-refractivity contribution is 7.89. The maximum Gasteiger partial charge on any atom is 0.243 e. The summed E-state index contributed by atoms with van der Waals surface area (Å²) in [5, 5.41) is 1.94. The molecule has 8 heteroatoms.